The molecule has 12 heavy (non-hydrogen) atoms. The molecule has 2 heterocycles. The molecule has 1 fully saturated rings. The van der Waals surface area contributed by atoms with Crippen LogP contribution in [0.15, 0.2) is 23.7 Å². The highest BCUT2D eigenvalue weighted by Gasteiger charge is 2.14. The summed E-state index contributed by atoms with van der Waals surface area (Å²) in [5.74, 6) is 0. The second kappa shape index (κ2) is 3.27. The Labute approximate surface area is 76.5 Å². The van der Waals surface area contributed by atoms with Crippen LogP contribution in [0.3, 0.4) is 0 Å². The second-order valence-corrected chi connectivity index (χ2v) is 3.96. The summed E-state index contributed by atoms with van der Waals surface area (Å²) in [6.07, 6.45) is 4.26. The molecule has 2 rings (SSSR count). The second-order valence-electron chi connectivity index (χ2n) is 3.09. The number of nitrogens with zero attached hydrogens (tertiary/aromatic N) is 2. The zero-order chi connectivity index (χ0) is 8.39. The lowest BCUT2D eigenvalue weighted by molar-refractivity contribution is 0.678. The van der Waals surface area contributed by atoms with Gasteiger partial charge in [0, 0.05) is 24.7 Å². The maximum absolute atomic E-state index is 4.28. The van der Waals surface area contributed by atoms with E-state index in [0.29, 0.717) is 0 Å². The van der Waals surface area contributed by atoms with E-state index in [-0.39, 0.29) is 0 Å². The third kappa shape index (κ3) is 1.50. The van der Waals surface area contributed by atoms with Crippen molar-refractivity contribution in [1.82, 2.24) is 4.98 Å². The normalized spacial score (nSPS) is 18.3. The Morgan fingerprint density at radius 2 is 2.50 bits per heavy atom. The van der Waals surface area contributed by atoms with Crippen molar-refractivity contribution in [3.05, 3.63) is 23.7 Å². The minimum Gasteiger partial charge on any atom is -0.344 e. The van der Waals surface area contributed by atoms with Crippen LogP contribution in [-0.2, 0) is 0 Å². The first-order chi connectivity index (χ1) is 5.86. The molecule has 0 N–H and O–H groups in total. The van der Waals surface area contributed by atoms with Gasteiger partial charge in [-0.1, -0.05) is 12.2 Å². The van der Waals surface area contributed by atoms with Gasteiger partial charge < -0.3 is 4.90 Å². The average Bonchev–Trinajstić information content (AvgIpc) is 2.56. The fraction of sp³-hybridized carbons (Fsp3) is 0.444. The zero-order valence-electron chi connectivity index (χ0n) is 6.99. The molecule has 0 saturated carbocycles. The van der Waals surface area contributed by atoms with Crippen molar-refractivity contribution in [2.24, 2.45) is 0 Å². The lowest BCUT2D eigenvalue weighted by atomic mass is 10.1. The van der Waals surface area contributed by atoms with E-state index in [1.165, 1.54) is 18.4 Å². The molecule has 1 aromatic rings. The Morgan fingerprint density at radius 3 is 3.17 bits per heavy atom. The molecular formula is C9H12N2S. The topological polar surface area (TPSA) is 16.1 Å². The number of thiazole rings is 1. The molecule has 64 valence electrons. The van der Waals surface area contributed by atoms with Crippen LogP contribution in [-0.4, -0.2) is 18.1 Å². The van der Waals surface area contributed by atoms with Gasteiger partial charge in [-0.15, -0.1) is 11.3 Å². The smallest absolute Gasteiger partial charge is 0.185 e. The van der Waals surface area contributed by atoms with Crippen LogP contribution in [0.2, 0.25) is 0 Å². The van der Waals surface area contributed by atoms with Crippen molar-refractivity contribution in [3.63, 3.8) is 0 Å². The van der Waals surface area contributed by atoms with Crippen molar-refractivity contribution in [2.75, 3.05) is 18.0 Å². The molecule has 1 aliphatic heterocycles. The van der Waals surface area contributed by atoms with Crippen molar-refractivity contribution in [1.29, 1.82) is 0 Å². The third-order valence-electron chi connectivity index (χ3n) is 2.06. The number of hydrogen-bond donors (Lipinski definition) is 0. The predicted molar refractivity (Wildman–Crippen MR) is 52.7 cm³/mol. The van der Waals surface area contributed by atoms with Gasteiger partial charge in [-0.25, -0.2) is 4.98 Å². The summed E-state index contributed by atoms with van der Waals surface area (Å²) in [5, 5.41) is 3.16. The molecular weight excluding hydrogens is 168 g/mol. The molecule has 0 bridgehead atoms. The largest absolute Gasteiger partial charge is 0.344 e. The summed E-state index contributed by atoms with van der Waals surface area (Å²) in [6.45, 7) is 6.13. The van der Waals surface area contributed by atoms with Crippen LogP contribution < -0.4 is 4.90 Å². The van der Waals surface area contributed by atoms with E-state index in [4.69, 9.17) is 0 Å². The molecule has 0 aliphatic carbocycles. The Bertz CT molecular complexity index is 266. The maximum atomic E-state index is 4.28. The van der Waals surface area contributed by atoms with Crippen LogP contribution in [0, 0.1) is 0 Å². The monoisotopic (exact) mass is 180 g/mol. The first-order valence-electron chi connectivity index (χ1n) is 4.17. The van der Waals surface area contributed by atoms with Gasteiger partial charge in [-0.3, -0.25) is 0 Å². The van der Waals surface area contributed by atoms with Crippen LogP contribution in [0.25, 0.3) is 0 Å². The lowest BCUT2D eigenvalue weighted by Gasteiger charge is -2.27. The molecule has 2 nitrogen and oxygen atoms in total. The van der Waals surface area contributed by atoms with Crippen LogP contribution in [0.5, 0.6) is 0 Å². The first kappa shape index (κ1) is 7.80. The summed E-state index contributed by atoms with van der Waals surface area (Å²) in [5.41, 5.74) is 1.33. The number of piperidine rings is 1. The van der Waals surface area contributed by atoms with Gasteiger partial charge in [0.25, 0.3) is 0 Å². The van der Waals surface area contributed by atoms with E-state index >= 15 is 0 Å². The molecule has 0 amide bonds. The average molecular weight is 180 g/mol. The molecule has 0 radical (unpaired) electrons. The summed E-state index contributed by atoms with van der Waals surface area (Å²) in [7, 11) is 0. The minimum absolute atomic E-state index is 0.994. The minimum atomic E-state index is 0.994. The van der Waals surface area contributed by atoms with E-state index in [1.54, 1.807) is 11.3 Å². The van der Waals surface area contributed by atoms with Crippen molar-refractivity contribution in [2.45, 2.75) is 12.8 Å². The van der Waals surface area contributed by atoms with Crippen LogP contribution in [0.4, 0.5) is 5.13 Å². The van der Waals surface area contributed by atoms with Gasteiger partial charge in [-0.2, -0.15) is 0 Å². The summed E-state index contributed by atoms with van der Waals surface area (Å²) >= 11 is 1.71. The highest BCUT2D eigenvalue weighted by atomic mass is 32.1. The SMILES string of the molecule is C=C1CCCN(c2nccs2)C1. The zero-order valence-corrected chi connectivity index (χ0v) is 7.81. The summed E-state index contributed by atoms with van der Waals surface area (Å²) < 4.78 is 0. The number of hydrogen-bond acceptors (Lipinski definition) is 3. The van der Waals surface area contributed by atoms with Crippen LogP contribution >= 0.6 is 11.3 Å². The quantitative estimate of drug-likeness (QED) is 0.616. The molecule has 1 aliphatic rings. The van der Waals surface area contributed by atoms with Gasteiger partial charge in [0.05, 0.1) is 0 Å². The fourth-order valence-corrected chi connectivity index (χ4v) is 2.15. The molecule has 0 atom stereocenters. The molecule has 3 heteroatoms. The first-order valence-corrected chi connectivity index (χ1v) is 5.05. The summed E-state index contributed by atoms with van der Waals surface area (Å²) in [6, 6.07) is 0. The number of aromatic nitrogens is 1. The molecule has 1 aromatic heterocycles. The van der Waals surface area contributed by atoms with Gasteiger partial charge >= 0.3 is 0 Å². The van der Waals surface area contributed by atoms with Gasteiger partial charge in [-0.05, 0) is 12.8 Å². The Morgan fingerprint density at radius 1 is 1.58 bits per heavy atom. The highest BCUT2D eigenvalue weighted by molar-refractivity contribution is 7.13. The molecule has 0 aromatic carbocycles. The Kier molecular flexibility index (Phi) is 2.13. The Balaban J connectivity index is 2.09. The van der Waals surface area contributed by atoms with Crippen molar-refractivity contribution in [3.8, 4) is 0 Å². The van der Waals surface area contributed by atoms with E-state index in [0.717, 1.165) is 18.2 Å². The maximum Gasteiger partial charge on any atom is 0.185 e. The van der Waals surface area contributed by atoms with E-state index in [9.17, 15) is 0 Å². The predicted octanol–water partition coefficient (Wildman–Crippen LogP) is 2.30. The van der Waals surface area contributed by atoms with Crippen molar-refractivity contribution < 1.29 is 0 Å². The van der Waals surface area contributed by atoms with E-state index in [1.807, 2.05) is 11.6 Å². The number of rotatable bonds is 1. The highest BCUT2D eigenvalue weighted by Crippen LogP contribution is 2.23. The van der Waals surface area contributed by atoms with Crippen molar-refractivity contribution >= 4 is 16.5 Å². The molecule has 1 saturated heterocycles. The number of anilines is 1. The Hall–Kier alpha value is -0.830. The fourth-order valence-electron chi connectivity index (χ4n) is 1.48. The van der Waals surface area contributed by atoms with Gasteiger partial charge in [0.1, 0.15) is 0 Å². The standard InChI is InChI=1S/C9H12N2S/c1-8-3-2-5-11(7-8)9-10-4-6-12-9/h4,6H,1-3,5,7H2. The van der Waals surface area contributed by atoms with Crippen LogP contribution in [0.1, 0.15) is 12.8 Å². The van der Waals surface area contributed by atoms with E-state index in [2.05, 4.69) is 16.5 Å². The van der Waals surface area contributed by atoms with Gasteiger partial charge in [0.2, 0.25) is 0 Å². The summed E-state index contributed by atoms with van der Waals surface area (Å²) in [4.78, 5) is 6.58. The molecule has 0 unspecified atom stereocenters. The molecule has 0 spiro atoms. The lowest BCUT2D eigenvalue weighted by Crippen LogP contribution is -2.30. The third-order valence-corrected chi connectivity index (χ3v) is 2.89. The van der Waals surface area contributed by atoms with Gasteiger partial charge in [0.15, 0.2) is 5.13 Å². The van der Waals surface area contributed by atoms with E-state index < -0.39 is 0 Å².